The molecule has 0 saturated carbocycles. The van der Waals surface area contributed by atoms with Gasteiger partial charge in [-0.2, -0.15) is 5.10 Å². The fourth-order valence-corrected chi connectivity index (χ4v) is 3.49. The van der Waals surface area contributed by atoms with E-state index in [-0.39, 0.29) is 17.1 Å². The predicted octanol–water partition coefficient (Wildman–Crippen LogP) is 0.664. The number of rotatable bonds is 3. The number of H-pyrrole nitrogens is 1. The van der Waals surface area contributed by atoms with Crippen LogP contribution in [0.2, 0.25) is 0 Å². The smallest absolute Gasteiger partial charge is 0.266 e. The lowest BCUT2D eigenvalue weighted by Crippen LogP contribution is -2.20. The van der Waals surface area contributed by atoms with E-state index < -0.39 is 0 Å². The van der Waals surface area contributed by atoms with Crippen molar-refractivity contribution in [3.8, 4) is 0 Å². The zero-order chi connectivity index (χ0) is 15.8. The lowest BCUT2D eigenvalue weighted by Gasteiger charge is -1.89. The number of fused-ring (bicyclic) bond motifs is 1. The number of nitrogens with one attached hydrogen (secondary N) is 1. The summed E-state index contributed by atoms with van der Waals surface area (Å²) in [6, 6.07) is 5.24. The van der Waals surface area contributed by atoms with Gasteiger partial charge in [0, 0.05) is 18.3 Å². The minimum atomic E-state index is -0.278. The maximum Gasteiger partial charge on any atom is 0.266 e. The van der Waals surface area contributed by atoms with Crippen LogP contribution in [0.15, 0.2) is 33.7 Å². The Hall–Kier alpha value is -2.67. The van der Waals surface area contributed by atoms with Crippen LogP contribution in [-0.2, 0) is 13.0 Å². The molecule has 6 nitrogen and oxygen atoms in total. The number of aromatic nitrogens is 3. The monoisotopic (exact) mass is 327 g/mol. The molecule has 0 spiro atoms. The van der Waals surface area contributed by atoms with Gasteiger partial charge in [0.2, 0.25) is 5.78 Å². The molecule has 4 rings (SSSR count). The number of nitrogens with zero attached hydrogens (tertiary/aromatic N) is 2. The average Bonchev–Trinajstić information content (AvgIpc) is 3.25. The maximum absolute atomic E-state index is 12.0. The second kappa shape index (κ2) is 5.51. The highest BCUT2D eigenvalue weighted by molar-refractivity contribution is 7.07. The van der Waals surface area contributed by atoms with Gasteiger partial charge in [-0.25, -0.2) is 0 Å². The van der Waals surface area contributed by atoms with E-state index >= 15 is 0 Å². The summed E-state index contributed by atoms with van der Waals surface area (Å²) in [5.74, 6) is -0.0321. The number of aryl methyl sites for hydroxylation is 2. The molecular weight excluding hydrogens is 314 g/mol. The Kier molecular flexibility index (Phi) is 3.34. The van der Waals surface area contributed by atoms with E-state index in [1.165, 1.54) is 29.4 Å². The number of carbonyl (C=O) groups excluding carboxylic acids is 1. The third-order valence-electron chi connectivity index (χ3n) is 3.67. The molecule has 0 radical (unpaired) electrons. The van der Waals surface area contributed by atoms with Gasteiger partial charge >= 0.3 is 0 Å². The van der Waals surface area contributed by atoms with Crippen LogP contribution >= 0.6 is 11.3 Å². The summed E-state index contributed by atoms with van der Waals surface area (Å²) in [6.45, 7) is 0.931. The number of hydrogen-bond acceptors (Lipinski definition) is 5. The Balaban J connectivity index is 1.70. The molecule has 0 amide bonds. The molecule has 0 atom stereocenters. The van der Waals surface area contributed by atoms with Crippen LogP contribution < -0.4 is 14.8 Å². The first kappa shape index (κ1) is 14.0. The number of furan rings is 1. The quantitative estimate of drug-likeness (QED) is 0.717. The molecule has 23 heavy (non-hydrogen) atoms. The van der Waals surface area contributed by atoms with Gasteiger partial charge in [0.15, 0.2) is 5.76 Å². The zero-order valence-electron chi connectivity index (χ0n) is 12.1. The second-order valence-corrected chi connectivity index (χ2v) is 6.39. The van der Waals surface area contributed by atoms with Gasteiger partial charge < -0.3 is 9.40 Å². The van der Waals surface area contributed by atoms with E-state index in [1.807, 2.05) is 10.7 Å². The number of ketones is 1. The Labute approximate surface area is 134 Å². The van der Waals surface area contributed by atoms with E-state index in [2.05, 4.69) is 10.1 Å². The van der Waals surface area contributed by atoms with Crippen molar-refractivity contribution in [2.45, 2.75) is 19.4 Å². The molecule has 1 aliphatic heterocycles. The summed E-state index contributed by atoms with van der Waals surface area (Å²) in [6.07, 6.45) is 6.71. The largest absolute Gasteiger partial charge is 0.461 e. The van der Waals surface area contributed by atoms with E-state index in [4.69, 9.17) is 4.42 Å². The van der Waals surface area contributed by atoms with Crippen LogP contribution in [0.4, 0.5) is 0 Å². The third kappa shape index (κ3) is 2.70. The van der Waals surface area contributed by atoms with Crippen molar-refractivity contribution in [2.75, 3.05) is 0 Å². The number of hydrogen-bond donors (Lipinski definition) is 1. The second-order valence-electron chi connectivity index (χ2n) is 5.30. The fraction of sp³-hybridized carbons (Fsp3) is 0.188. The summed E-state index contributed by atoms with van der Waals surface area (Å²) in [5.41, 5.74) is 1.75. The van der Waals surface area contributed by atoms with Crippen molar-refractivity contribution in [2.24, 2.45) is 0 Å². The lowest BCUT2D eigenvalue weighted by atomic mass is 10.2. The lowest BCUT2D eigenvalue weighted by molar-refractivity contribution is 0.103. The van der Waals surface area contributed by atoms with Crippen molar-refractivity contribution >= 4 is 29.3 Å². The van der Waals surface area contributed by atoms with E-state index in [9.17, 15) is 9.59 Å². The minimum Gasteiger partial charge on any atom is -0.461 e. The number of aromatic amines is 1. The molecule has 7 heteroatoms. The standard InChI is InChI=1S/C16H13N3O3S/c20-12(13-4-2-6-22-13)9-15-17-16(21)14(23-15)8-10-7-11-3-1-5-19(11)18-10/h2,4,6-9H,1,3,5H2,(H,17,21)/b14-8-,15-9-. The molecule has 0 saturated heterocycles. The molecular formula is C16H13N3O3S. The first-order valence-corrected chi connectivity index (χ1v) is 8.08. The topological polar surface area (TPSA) is 80.9 Å². The highest BCUT2D eigenvalue weighted by Crippen LogP contribution is 2.15. The summed E-state index contributed by atoms with van der Waals surface area (Å²) < 4.78 is 8.04. The van der Waals surface area contributed by atoms with Crippen molar-refractivity contribution in [3.63, 3.8) is 0 Å². The molecule has 1 N–H and O–H groups in total. The first-order chi connectivity index (χ1) is 11.2. The number of thiazole rings is 1. The maximum atomic E-state index is 12.0. The van der Waals surface area contributed by atoms with E-state index in [1.54, 1.807) is 18.2 Å². The molecule has 0 unspecified atom stereocenters. The molecule has 3 aromatic heterocycles. The Bertz CT molecular complexity index is 1020. The van der Waals surface area contributed by atoms with Gasteiger partial charge in [-0.1, -0.05) is 0 Å². The first-order valence-electron chi connectivity index (χ1n) is 7.26. The van der Waals surface area contributed by atoms with Gasteiger partial charge in [-0.15, -0.1) is 11.3 Å². The zero-order valence-corrected chi connectivity index (χ0v) is 12.9. The molecule has 0 aliphatic carbocycles. The molecule has 4 heterocycles. The van der Waals surface area contributed by atoms with Gasteiger partial charge in [0.25, 0.3) is 5.56 Å². The molecule has 1 aliphatic rings. The SMILES string of the molecule is O=C(/C=c1/[nH]c(=O)/c(=C/c2cc3n(n2)CCC3)s1)c1ccco1. The van der Waals surface area contributed by atoms with Gasteiger partial charge in [0.1, 0.15) is 0 Å². The van der Waals surface area contributed by atoms with Crippen LogP contribution in [0.3, 0.4) is 0 Å². The molecule has 116 valence electrons. The normalized spacial score (nSPS) is 15.3. The van der Waals surface area contributed by atoms with Crippen molar-refractivity contribution in [1.29, 1.82) is 0 Å². The fourth-order valence-electron chi connectivity index (χ4n) is 2.62. The Morgan fingerprint density at radius 2 is 2.39 bits per heavy atom. The molecule has 3 aromatic rings. The van der Waals surface area contributed by atoms with Gasteiger partial charge in [0.05, 0.1) is 21.2 Å². The molecule has 0 bridgehead atoms. The third-order valence-corrected chi connectivity index (χ3v) is 4.63. The summed E-state index contributed by atoms with van der Waals surface area (Å²) in [7, 11) is 0. The highest BCUT2D eigenvalue weighted by Gasteiger charge is 2.12. The van der Waals surface area contributed by atoms with E-state index in [0.29, 0.717) is 9.20 Å². The van der Waals surface area contributed by atoms with Crippen molar-refractivity contribution < 1.29 is 9.21 Å². The highest BCUT2D eigenvalue weighted by atomic mass is 32.1. The predicted molar refractivity (Wildman–Crippen MR) is 85.8 cm³/mol. The Morgan fingerprint density at radius 3 is 3.17 bits per heavy atom. The Morgan fingerprint density at radius 1 is 1.48 bits per heavy atom. The van der Waals surface area contributed by atoms with Crippen LogP contribution in [0.1, 0.15) is 28.4 Å². The van der Waals surface area contributed by atoms with Crippen molar-refractivity contribution in [3.05, 3.63) is 61.2 Å². The van der Waals surface area contributed by atoms with Gasteiger partial charge in [-0.05, 0) is 37.1 Å². The van der Waals surface area contributed by atoms with Crippen LogP contribution in [0.5, 0.6) is 0 Å². The van der Waals surface area contributed by atoms with Crippen LogP contribution in [0, 0.1) is 0 Å². The van der Waals surface area contributed by atoms with E-state index in [0.717, 1.165) is 25.1 Å². The average molecular weight is 327 g/mol. The molecule has 0 fully saturated rings. The molecule has 0 aromatic carbocycles. The van der Waals surface area contributed by atoms with Crippen LogP contribution in [0.25, 0.3) is 12.2 Å². The van der Waals surface area contributed by atoms with Gasteiger partial charge in [-0.3, -0.25) is 14.3 Å². The van der Waals surface area contributed by atoms with Crippen molar-refractivity contribution in [1.82, 2.24) is 14.8 Å². The summed E-state index contributed by atoms with van der Waals surface area (Å²) >= 11 is 1.23. The number of Topliss-reactive ketones (excluding diaryl/α,β-unsaturated/α-hetero) is 1. The summed E-state index contributed by atoms with van der Waals surface area (Å²) in [5, 5.41) is 4.46. The minimum absolute atomic E-state index is 0.221. The summed E-state index contributed by atoms with van der Waals surface area (Å²) in [4.78, 5) is 26.7. The van der Waals surface area contributed by atoms with Crippen LogP contribution in [-0.4, -0.2) is 20.5 Å². The number of carbonyl (C=O) groups is 1.